The fraction of sp³-hybridized carbons (Fsp3) is 0.391. The number of fused-ring (bicyclic) bond motifs is 1. The lowest BCUT2D eigenvalue weighted by atomic mass is 9.96. The lowest BCUT2D eigenvalue weighted by Gasteiger charge is -2.18. The summed E-state index contributed by atoms with van der Waals surface area (Å²) in [5, 5.41) is 3.00. The van der Waals surface area contributed by atoms with Crippen LogP contribution in [0.1, 0.15) is 39.1 Å². The highest BCUT2D eigenvalue weighted by atomic mass is 16.5. The average Bonchev–Trinajstić information content (AvgIpc) is 3.03. The largest absolute Gasteiger partial charge is 0.492 e. The van der Waals surface area contributed by atoms with Crippen LogP contribution in [0.3, 0.4) is 0 Å². The van der Waals surface area contributed by atoms with Crippen LogP contribution in [-0.4, -0.2) is 22.1 Å². The number of rotatable bonds is 7. The summed E-state index contributed by atoms with van der Waals surface area (Å²) in [5.41, 5.74) is 2.84. The molecule has 0 fully saturated rings. The molecule has 5 heteroatoms. The van der Waals surface area contributed by atoms with E-state index in [4.69, 9.17) is 9.72 Å². The number of amides is 1. The van der Waals surface area contributed by atoms with Crippen LogP contribution < -0.4 is 10.1 Å². The van der Waals surface area contributed by atoms with Crippen LogP contribution in [0.4, 0.5) is 0 Å². The zero-order valence-corrected chi connectivity index (χ0v) is 17.2. The molecular formula is C23H29N3O2. The normalized spacial score (nSPS) is 11.6. The molecule has 0 aliphatic carbocycles. The Morgan fingerprint density at radius 3 is 2.50 bits per heavy atom. The van der Waals surface area contributed by atoms with Gasteiger partial charge in [0, 0.05) is 5.41 Å². The number of aryl methyl sites for hydroxylation is 1. The smallest absolute Gasteiger partial charge is 0.225 e. The Morgan fingerprint density at radius 2 is 1.82 bits per heavy atom. The summed E-state index contributed by atoms with van der Waals surface area (Å²) in [5.74, 6) is 1.71. The fourth-order valence-corrected chi connectivity index (χ4v) is 3.01. The van der Waals surface area contributed by atoms with Crippen molar-refractivity contribution in [3.63, 3.8) is 0 Å². The van der Waals surface area contributed by atoms with Gasteiger partial charge in [-0.25, -0.2) is 4.98 Å². The van der Waals surface area contributed by atoms with Crippen molar-refractivity contribution in [1.82, 2.24) is 14.9 Å². The van der Waals surface area contributed by atoms with E-state index < -0.39 is 5.41 Å². The third-order valence-corrected chi connectivity index (χ3v) is 4.74. The molecule has 3 rings (SSSR count). The molecule has 28 heavy (non-hydrogen) atoms. The monoisotopic (exact) mass is 379 g/mol. The average molecular weight is 380 g/mol. The Bertz CT molecular complexity index is 937. The molecule has 0 atom stereocenters. The molecule has 0 aliphatic heterocycles. The molecular weight excluding hydrogens is 350 g/mol. The van der Waals surface area contributed by atoms with Gasteiger partial charge >= 0.3 is 0 Å². The van der Waals surface area contributed by atoms with Crippen molar-refractivity contribution in [2.45, 2.75) is 47.2 Å². The second-order valence-corrected chi connectivity index (χ2v) is 7.95. The Kier molecular flexibility index (Phi) is 6.02. The van der Waals surface area contributed by atoms with Crippen molar-refractivity contribution in [2.75, 3.05) is 6.61 Å². The topological polar surface area (TPSA) is 56.1 Å². The van der Waals surface area contributed by atoms with Gasteiger partial charge in [-0.15, -0.1) is 0 Å². The van der Waals surface area contributed by atoms with Crippen molar-refractivity contribution in [1.29, 1.82) is 0 Å². The first-order chi connectivity index (χ1) is 13.4. The van der Waals surface area contributed by atoms with Crippen LogP contribution in [0, 0.1) is 5.41 Å². The van der Waals surface area contributed by atoms with E-state index in [0.717, 1.165) is 29.0 Å². The molecule has 1 N–H and O–H groups in total. The number of carbonyl (C=O) groups excluding carboxylic acids is 1. The number of para-hydroxylation sites is 2. The van der Waals surface area contributed by atoms with Crippen molar-refractivity contribution < 1.29 is 9.53 Å². The van der Waals surface area contributed by atoms with E-state index in [9.17, 15) is 4.79 Å². The Hall–Kier alpha value is -2.82. The molecule has 0 bridgehead atoms. The first-order valence-electron chi connectivity index (χ1n) is 9.82. The molecule has 0 saturated heterocycles. The molecule has 1 heterocycles. The quantitative estimate of drug-likeness (QED) is 0.664. The Morgan fingerprint density at radius 1 is 1.11 bits per heavy atom. The molecule has 0 spiro atoms. The summed E-state index contributed by atoms with van der Waals surface area (Å²) in [6, 6.07) is 16.2. The number of nitrogens with one attached hydrogen (secondary N) is 1. The minimum absolute atomic E-state index is 0.0124. The van der Waals surface area contributed by atoms with Gasteiger partial charge in [0.25, 0.3) is 0 Å². The number of hydrogen-bond acceptors (Lipinski definition) is 3. The SMILES string of the molecule is CCc1ccc(OCCn2c(CNC(=O)C(C)(C)C)nc3ccccc32)cc1. The first-order valence-corrected chi connectivity index (χ1v) is 9.82. The number of hydrogen-bond donors (Lipinski definition) is 1. The minimum Gasteiger partial charge on any atom is -0.492 e. The van der Waals surface area contributed by atoms with Gasteiger partial charge in [-0.1, -0.05) is 52.0 Å². The minimum atomic E-state index is -0.426. The molecule has 1 amide bonds. The lowest BCUT2D eigenvalue weighted by molar-refractivity contribution is -0.128. The summed E-state index contributed by atoms with van der Waals surface area (Å²) in [7, 11) is 0. The van der Waals surface area contributed by atoms with Gasteiger partial charge in [-0.3, -0.25) is 4.79 Å². The van der Waals surface area contributed by atoms with Gasteiger partial charge in [0.15, 0.2) is 0 Å². The number of ether oxygens (including phenoxy) is 1. The van der Waals surface area contributed by atoms with Crippen molar-refractivity contribution >= 4 is 16.9 Å². The third-order valence-electron chi connectivity index (χ3n) is 4.74. The maximum absolute atomic E-state index is 12.2. The van der Waals surface area contributed by atoms with E-state index >= 15 is 0 Å². The molecule has 0 saturated carbocycles. The summed E-state index contributed by atoms with van der Waals surface area (Å²) in [6.07, 6.45) is 1.02. The molecule has 0 aliphatic rings. The second kappa shape index (κ2) is 8.46. The molecule has 2 aromatic carbocycles. The predicted octanol–water partition coefficient (Wildman–Crippen LogP) is 4.34. The molecule has 148 valence electrons. The highest BCUT2D eigenvalue weighted by Gasteiger charge is 2.21. The van der Waals surface area contributed by atoms with E-state index in [2.05, 4.69) is 28.9 Å². The van der Waals surface area contributed by atoms with Crippen LogP contribution in [0.15, 0.2) is 48.5 Å². The van der Waals surface area contributed by atoms with Gasteiger partial charge < -0.3 is 14.6 Å². The standard InChI is InChI=1S/C23H29N3O2/c1-5-17-10-12-18(13-11-17)28-15-14-26-20-9-7-6-8-19(20)25-21(26)16-24-22(27)23(2,3)4/h6-13H,5,14-16H2,1-4H3,(H,24,27). The third kappa shape index (κ3) is 4.71. The van der Waals surface area contributed by atoms with Crippen molar-refractivity contribution in [3.05, 3.63) is 59.9 Å². The Labute approximate surface area is 166 Å². The summed E-state index contributed by atoms with van der Waals surface area (Å²) in [4.78, 5) is 17.0. The summed E-state index contributed by atoms with van der Waals surface area (Å²) in [6.45, 7) is 9.45. The van der Waals surface area contributed by atoms with E-state index in [-0.39, 0.29) is 5.91 Å². The molecule has 5 nitrogen and oxygen atoms in total. The van der Waals surface area contributed by atoms with Crippen LogP contribution >= 0.6 is 0 Å². The van der Waals surface area contributed by atoms with Gasteiger partial charge in [-0.2, -0.15) is 0 Å². The zero-order valence-electron chi connectivity index (χ0n) is 17.2. The number of nitrogens with zero attached hydrogens (tertiary/aromatic N) is 2. The number of aromatic nitrogens is 2. The molecule has 1 aromatic heterocycles. The van der Waals surface area contributed by atoms with Gasteiger partial charge in [0.05, 0.1) is 24.1 Å². The van der Waals surface area contributed by atoms with Crippen LogP contribution in [-0.2, 0) is 24.3 Å². The van der Waals surface area contributed by atoms with E-state index in [1.165, 1.54) is 5.56 Å². The Balaban J connectivity index is 1.72. The van der Waals surface area contributed by atoms with Crippen LogP contribution in [0.2, 0.25) is 0 Å². The lowest BCUT2D eigenvalue weighted by Crippen LogP contribution is -2.35. The highest BCUT2D eigenvalue weighted by Crippen LogP contribution is 2.18. The zero-order chi connectivity index (χ0) is 20.1. The first kappa shape index (κ1) is 19.9. The summed E-state index contributed by atoms with van der Waals surface area (Å²) >= 11 is 0. The number of carbonyl (C=O) groups is 1. The predicted molar refractivity (Wildman–Crippen MR) is 112 cm³/mol. The number of benzene rings is 2. The maximum atomic E-state index is 12.2. The fourth-order valence-electron chi connectivity index (χ4n) is 3.01. The number of imidazole rings is 1. The van der Waals surface area contributed by atoms with Gasteiger partial charge in [0.2, 0.25) is 5.91 Å². The summed E-state index contributed by atoms with van der Waals surface area (Å²) < 4.78 is 8.05. The molecule has 0 radical (unpaired) electrons. The molecule has 3 aromatic rings. The van der Waals surface area contributed by atoms with Gasteiger partial charge in [0.1, 0.15) is 18.2 Å². The van der Waals surface area contributed by atoms with E-state index in [0.29, 0.717) is 19.7 Å². The van der Waals surface area contributed by atoms with Crippen LogP contribution in [0.5, 0.6) is 5.75 Å². The van der Waals surface area contributed by atoms with E-state index in [1.54, 1.807) is 0 Å². The molecule has 0 unspecified atom stereocenters. The van der Waals surface area contributed by atoms with Gasteiger partial charge in [-0.05, 0) is 36.2 Å². The highest BCUT2D eigenvalue weighted by molar-refractivity contribution is 5.81. The van der Waals surface area contributed by atoms with Crippen LogP contribution in [0.25, 0.3) is 11.0 Å². The maximum Gasteiger partial charge on any atom is 0.225 e. The van der Waals surface area contributed by atoms with Crippen molar-refractivity contribution in [3.8, 4) is 5.75 Å². The second-order valence-electron chi connectivity index (χ2n) is 7.95. The van der Waals surface area contributed by atoms with Crippen molar-refractivity contribution in [2.24, 2.45) is 5.41 Å². The van der Waals surface area contributed by atoms with E-state index in [1.807, 2.05) is 57.2 Å².